The Hall–Kier alpha value is -4.76. The van der Waals surface area contributed by atoms with Gasteiger partial charge in [0, 0.05) is 43.0 Å². The van der Waals surface area contributed by atoms with Gasteiger partial charge in [-0.2, -0.15) is 0 Å². The zero-order valence-corrected chi connectivity index (χ0v) is 24.4. The first-order valence-corrected chi connectivity index (χ1v) is 13.3. The minimum Gasteiger partial charge on any atom is -0.304 e. The van der Waals surface area contributed by atoms with Gasteiger partial charge >= 0.3 is 0 Å². The molecule has 2 aromatic heterocycles. The molecule has 0 bridgehead atoms. The van der Waals surface area contributed by atoms with E-state index in [1.807, 2.05) is 54.7 Å². The van der Waals surface area contributed by atoms with Crippen molar-refractivity contribution in [3.63, 3.8) is 0 Å². The molecule has 0 aliphatic heterocycles. The van der Waals surface area contributed by atoms with Crippen LogP contribution < -0.4 is 0 Å². The summed E-state index contributed by atoms with van der Waals surface area (Å²) >= 11 is 0. The molecule has 0 spiro atoms. The van der Waals surface area contributed by atoms with Crippen LogP contribution in [0, 0.1) is 6.07 Å². The fraction of sp³-hybridized carbons (Fsp3) is 0. The number of aromatic nitrogens is 3. The molecule has 0 saturated carbocycles. The van der Waals surface area contributed by atoms with Crippen LogP contribution in [0.25, 0.3) is 67.1 Å². The Morgan fingerprint density at radius 3 is 1.68 bits per heavy atom. The van der Waals surface area contributed by atoms with E-state index in [-0.39, 0.29) is 20.1 Å². The molecule has 0 aliphatic carbocycles. The van der Waals surface area contributed by atoms with Gasteiger partial charge in [-0.25, -0.2) is 9.97 Å². The zero-order valence-electron chi connectivity index (χ0n) is 22.0. The molecule has 2 heterocycles. The molecule has 41 heavy (non-hydrogen) atoms. The molecular formula is C37H24IrN3-. The van der Waals surface area contributed by atoms with Crippen molar-refractivity contribution in [1.82, 2.24) is 15.0 Å². The Kier molecular flexibility index (Phi) is 7.60. The molecule has 0 atom stereocenters. The molecule has 0 N–H and O–H groups in total. The van der Waals surface area contributed by atoms with Crippen molar-refractivity contribution in [2.24, 2.45) is 0 Å². The van der Waals surface area contributed by atoms with Crippen molar-refractivity contribution >= 4 is 10.8 Å². The summed E-state index contributed by atoms with van der Waals surface area (Å²) in [6, 6.07) is 51.0. The van der Waals surface area contributed by atoms with Gasteiger partial charge in [0.2, 0.25) is 0 Å². The summed E-state index contributed by atoms with van der Waals surface area (Å²) in [4.78, 5) is 14.6. The summed E-state index contributed by atoms with van der Waals surface area (Å²) in [7, 11) is 0. The van der Waals surface area contributed by atoms with Gasteiger partial charge in [-0.05, 0) is 28.1 Å². The van der Waals surface area contributed by atoms with Gasteiger partial charge in [0.1, 0.15) is 0 Å². The number of rotatable bonds is 5. The summed E-state index contributed by atoms with van der Waals surface area (Å²) in [6.07, 6.45) is 1.92. The second-order valence-electron chi connectivity index (χ2n) is 9.68. The predicted molar refractivity (Wildman–Crippen MR) is 163 cm³/mol. The van der Waals surface area contributed by atoms with Crippen LogP contribution in [0.4, 0.5) is 0 Å². The molecule has 1 radical (unpaired) electrons. The van der Waals surface area contributed by atoms with Crippen molar-refractivity contribution in [3.05, 3.63) is 152 Å². The van der Waals surface area contributed by atoms with E-state index < -0.39 is 0 Å². The summed E-state index contributed by atoms with van der Waals surface area (Å²) < 4.78 is 0. The van der Waals surface area contributed by atoms with Crippen LogP contribution in [0.15, 0.2) is 146 Å². The van der Waals surface area contributed by atoms with E-state index in [1.165, 1.54) is 5.39 Å². The Labute approximate surface area is 253 Å². The summed E-state index contributed by atoms with van der Waals surface area (Å²) in [5.74, 6) is 0.703. The molecular weight excluding hydrogens is 679 g/mol. The van der Waals surface area contributed by atoms with E-state index >= 15 is 0 Å². The predicted octanol–water partition coefficient (Wildman–Crippen LogP) is 9.16. The largest absolute Gasteiger partial charge is 0.304 e. The van der Waals surface area contributed by atoms with Gasteiger partial charge < -0.3 is 4.98 Å². The summed E-state index contributed by atoms with van der Waals surface area (Å²) in [6.45, 7) is 0. The van der Waals surface area contributed by atoms with E-state index in [2.05, 4.69) is 102 Å². The molecule has 0 fully saturated rings. The quantitative estimate of drug-likeness (QED) is 0.168. The standard InChI is InChI=1S/C37H24N3.Ir/c1-3-10-27(11-4-1)35-24-36(28-12-5-2-6-13-28)40-37(39-35)29-20-18-26(19-21-29)30-16-9-17-32(22-30)34-23-31-14-7-8-15-33(31)25-38-34;/h1-16,18-25H;/q-1;. The van der Waals surface area contributed by atoms with Crippen LogP contribution in [0.1, 0.15) is 0 Å². The van der Waals surface area contributed by atoms with Crippen LogP contribution in [0.2, 0.25) is 0 Å². The van der Waals surface area contributed by atoms with Gasteiger partial charge in [-0.15, -0.1) is 35.4 Å². The Bertz CT molecular complexity index is 1880. The maximum atomic E-state index is 4.96. The molecule has 0 aliphatic rings. The van der Waals surface area contributed by atoms with Gasteiger partial charge in [-0.3, -0.25) is 0 Å². The smallest absolute Gasteiger partial charge is 0.160 e. The Balaban J connectivity index is 0.00000302. The average molecular weight is 703 g/mol. The summed E-state index contributed by atoms with van der Waals surface area (Å²) in [5.41, 5.74) is 9.01. The normalized spacial score (nSPS) is 10.7. The molecule has 4 heteroatoms. The van der Waals surface area contributed by atoms with Crippen molar-refractivity contribution in [2.75, 3.05) is 0 Å². The van der Waals surface area contributed by atoms with Gasteiger partial charge in [0.25, 0.3) is 0 Å². The SMILES string of the molecule is [Ir].[c-]1ccc(-c2ccc(-c3nc(-c4ccccc4)cc(-c4ccccc4)n3)cc2)cc1-c1cc2ccccc2cn1. The van der Waals surface area contributed by atoms with Crippen molar-refractivity contribution < 1.29 is 20.1 Å². The second kappa shape index (κ2) is 11.8. The van der Waals surface area contributed by atoms with Crippen LogP contribution in [-0.2, 0) is 20.1 Å². The van der Waals surface area contributed by atoms with E-state index in [9.17, 15) is 0 Å². The Morgan fingerprint density at radius 2 is 1.02 bits per heavy atom. The molecule has 7 rings (SSSR count). The first-order valence-electron chi connectivity index (χ1n) is 13.3. The third-order valence-electron chi connectivity index (χ3n) is 7.05. The minimum atomic E-state index is 0. The maximum absolute atomic E-state index is 4.96. The number of benzene rings is 5. The topological polar surface area (TPSA) is 38.7 Å². The third kappa shape index (κ3) is 5.62. The first kappa shape index (κ1) is 26.5. The molecule has 5 aromatic carbocycles. The molecule has 197 valence electrons. The monoisotopic (exact) mass is 703 g/mol. The van der Waals surface area contributed by atoms with E-state index in [4.69, 9.17) is 9.97 Å². The van der Waals surface area contributed by atoms with Crippen LogP contribution in [-0.4, -0.2) is 15.0 Å². The zero-order chi connectivity index (χ0) is 26.7. The van der Waals surface area contributed by atoms with Crippen LogP contribution >= 0.6 is 0 Å². The van der Waals surface area contributed by atoms with Crippen LogP contribution in [0.3, 0.4) is 0 Å². The van der Waals surface area contributed by atoms with E-state index in [0.29, 0.717) is 5.82 Å². The van der Waals surface area contributed by atoms with Gasteiger partial charge in [-0.1, -0.05) is 115 Å². The number of hydrogen-bond acceptors (Lipinski definition) is 3. The number of hydrogen-bond donors (Lipinski definition) is 0. The van der Waals surface area contributed by atoms with Crippen molar-refractivity contribution in [2.45, 2.75) is 0 Å². The Morgan fingerprint density at radius 1 is 0.439 bits per heavy atom. The molecule has 0 unspecified atom stereocenters. The number of pyridine rings is 1. The summed E-state index contributed by atoms with van der Waals surface area (Å²) in [5, 5.41) is 2.30. The number of fused-ring (bicyclic) bond motifs is 1. The van der Waals surface area contributed by atoms with Crippen LogP contribution in [0.5, 0.6) is 0 Å². The number of nitrogens with zero attached hydrogens (tertiary/aromatic N) is 3. The van der Waals surface area contributed by atoms with Crippen molar-refractivity contribution in [1.29, 1.82) is 0 Å². The van der Waals surface area contributed by atoms with Gasteiger partial charge in [0.05, 0.1) is 11.4 Å². The van der Waals surface area contributed by atoms with E-state index in [1.54, 1.807) is 0 Å². The average Bonchev–Trinajstić information content (AvgIpc) is 3.05. The molecule has 7 aromatic rings. The van der Waals surface area contributed by atoms with E-state index in [0.717, 1.165) is 55.8 Å². The molecule has 3 nitrogen and oxygen atoms in total. The van der Waals surface area contributed by atoms with Gasteiger partial charge in [0.15, 0.2) is 5.82 Å². The fourth-order valence-corrected chi connectivity index (χ4v) is 4.93. The second-order valence-corrected chi connectivity index (χ2v) is 9.68. The third-order valence-corrected chi connectivity index (χ3v) is 7.05. The first-order chi connectivity index (χ1) is 19.8. The maximum Gasteiger partial charge on any atom is 0.160 e. The fourth-order valence-electron chi connectivity index (χ4n) is 4.93. The van der Waals surface area contributed by atoms with Crippen molar-refractivity contribution in [3.8, 4) is 56.3 Å². The molecule has 0 saturated heterocycles. The molecule has 0 amide bonds. The minimum absolute atomic E-state index is 0.